The van der Waals surface area contributed by atoms with Gasteiger partial charge in [0.1, 0.15) is 5.70 Å². The molecule has 2 aliphatic rings. The molecule has 24 heavy (non-hydrogen) atoms. The first-order valence-corrected chi connectivity index (χ1v) is 7.35. The van der Waals surface area contributed by atoms with Crippen molar-refractivity contribution >= 4 is 23.3 Å². The van der Waals surface area contributed by atoms with E-state index in [1.54, 1.807) is 12.1 Å². The summed E-state index contributed by atoms with van der Waals surface area (Å²) in [5.41, 5.74) is 5.26. The molecule has 4 rings (SSSR count). The van der Waals surface area contributed by atoms with Gasteiger partial charge in [0.05, 0.1) is 16.3 Å². The average molecular weight is 322 g/mol. The number of hydrogen-bond acceptors (Lipinski definition) is 6. The first-order chi connectivity index (χ1) is 11.6. The number of hydrazine groups is 1. The molecule has 7 heteroatoms. The Hall–Kier alpha value is -3.48. The fraction of sp³-hybridized carbons (Fsp3) is 0.0588. The molecule has 2 N–H and O–H groups in total. The van der Waals surface area contributed by atoms with Crippen molar-refractivity contribution in [2.75, 3.05) is 12.1 Å². The zero-order chi connectivity index (χ0) is 16.8. The summed E-state index contributed by atoms with van der Waals surface area (Å²) in [6.07, 6.45) is 1.95. The number of anilines is 1. The highest BCUT2D eigenvalue weighted by Crippen LogP contribution is 2.31. The summed E-state index contributed by atoms with van der Waals surface area (Å²) in [4.78, 5) is 12.2. The van der Waals surface area contributed by atoms with Crippen molar-refractivity contribution in [3.8, 4) is 0 Å². The molecule has 120 valence electrons. The monoisotopic (exact) mass is 322 g/mol. The first-order valence-electron chi connectivity index (χ1n) is 7.35. The van der Waals surface area contributed by atoms with E-state index in [1.807, 2.05) is 42.4 Å². The number of likely N-dealkylation sites (N-methyl/N-ethyl adjacent to an activating group) is 1. The third-order valence-electron chi connectivity index (χ3n) is 4.12. The molecule has 0 aliphatic carbocycles. The van der Waals surface area contributed by atoms with Gasteiger partial charge in [0.25, 0.3) is 5.69 Å². The Kier molecular flexibility index (Phi) is 2.96. The number of nitrogens with zero attached hydrogens (tertiary/aromatic N) is 3. The molecule has 0 fully saturated rings. The lowest BCUT2D eigenvalue weighted by atomic mass is 10.1. The van der Waals surface area contributed by atoms with E-state index in [-0.39, 0.29) is 11.6 Å². The van der Waals surface area contributed by atoms with Crippen LogP contribution in [0.2, 0.25) is 0 Å². The highest BCUT2D eigenvalue weighted by atomic mass is 16.6. The third-order valence-corrected chi connectivity index (χ3v) is 4.12. The quantitative estimate of drug-likeness (QED) is 0.637. The predicted octanol–water partition coefficient (Wildman–Crippen LogP) is 1.14. The number of nitro benzene ring substituents is 1. The van der Waals surface area contributed by atoms with Crippen molar-refractivity contribution in [2.45, 2.75) is 0 Å². The van der Waals surface area contributed by atoms with Gasteiger partial charge in [0, 0.05) is 35.8 Å². The summed E-state index contributed by atoms with van der Waals surface area (Å²) < 4.78 is 0. The van der Waals surface area contributed by atoms with Crippen LogP contribution >= 0.6 is 0 Å². The van der Waals surface area contributed by atoms with Crippen LogP contribution < -0.4 is 20.9 Å². The Bertz CT molecular complexity index is 995. The van der Waals surface area contributed by atoms with Crippen molar-refractivity contribution in [3.63, 3.8) is 0 Å². The van der Waals surface area contributed by atoms with Crippen molar-refractivity contribution in [1.29, 1.82) is 0 Å². The largest absolute Gasteiger partial charge is 0.492 e. The molecule has 7 nitrogen and oxygen atoms in total. The molecule has 0 bridgehead atoms. The zero-order valence-electron chi connectivity index (χ0n) is 12.8. The number of rotatable bonds is 2. The van der Waals surface area contributed by atoms with Crippen LogP contribution in [0.3, 0.4) is 0 Å². The van der Waals surface area contributed by atoms with Gasteiger partial charge in [-0.1, -0.05) is 24.3 Å². The fourth-order valence-corrected chi connectivity index (χ4v) is 2.98. The van der Waals surface area contributed by atoms with Crippen LogP contribution in [-0.2, 0) is 0 Å². The van der Waals surface area contributed by atoms with Gasteiger partial charge in [-0.15, -0.1) is 0 Å². The zero-order valence-corrected chi connectivity index (χ0v) is 12.8. The summed E-state index contributed by atoms with van der Waals surface area (Å²) in [5, 5.41) is 25.0. The molecule has 0 aromatic heterocycles. The smallest absolute Gasteiger partial charge is 0.269 e. The summed E-state index contributed by atoms with van der Waals surface area (Å²) in [5.74, 6) is 0.0482. The molecular formula is C17H14N4O3. The maximum absolute atomic E-state index is 10.8. The third kappa shape index (κ3) is 1.98. The molecule has 0 radical (unpaired) electrons. The number of fused-ring (bicyclic) bond motifs is 2. The van der Waals surface area contributed by atoms with E-state index in [4.69, 9.17) is 0 Å². The average Bonchev–Trinajstić information content (AvgIpc) is 2.93. The van der Waals surface area contributed by atoms with E-state index in [0.717, 1.165) is 16.1 Å². The molecule has 0 amide bonds. The standard InChI is InChI=1S/C17H14N4O3/c1-19-10-11-4-2-3-5-14(11)15-16(19)17(22)20(18-15)12-6-8-13(9-7-12)21(23)24/h2-10,18,22H,1H3. The number of aliphatic hydroxyl groups is 1. The predicted molar refractivity (Wildman–Crippen MR) is 89.7 cm³/mol. The molecule has 0 saturated carbocycles. The van der Waals surface area contributed by atoms with Gasteiger partial charge in [-0.3, -0.25) is 15.5 Å². The van der Waals surface area contributed by atoms with Crippen LogP contribution in [0, 0.1) is 10.1 Å². The minimum Gasteiger partial charge on any atom is -0.492 e. The molecule has 0 unspecified atom stereocenters. The van der Waals surface area contributed by atoms with E-state index in [9.17, 15) is 15.2 Å². The summed E-state index contributed by atoms with van der Waals surface area (Å²) in [6, 6.07) is 13.9. The lowest BCUT2D eigenvalue weighted by Gasteiger charge is -2.20. The first kappa shape index (κ1) is 14.1. The van der Waals surface area contributed by atoms with Crippen LogP contribution in [0.4, 0.5) is 11.4 Å². The number of hydrogen-bond donors (Lipinski definition) is 2. The van der Waals surface area contributed by atoms with Gasteiger partial charge < -0.3 is 10.0 Å². The fourth-order valence-electron chi connectivity index (χ4n) is 2.98. The minimum atomic E-state index is -0.451. The lowest BCUT2D eigenvalue weighted by molar-refractivity contribution is -0.384. The molecule has 0 spiro atoms. The second-order valence-electron chi connectivity index (χ2n) is 5.60. The number of nitrogens with one attached hydrogen (secondary N) is 1. The van der Waals surface area contributed by atoms with E-state index in [2.05, 4.69) is 5.43 Å². The number of nitro groups is 1. The summed E-state index contributed by atoms with van der Waals surface area (Å²) in [7, 11) is 1.86. The molecule has 2 heterocycles. The van der Waals surface area contributed by atoms with Gasteiger partial charge in [0.2, 0.25) is 5.88 Å². The molecule has 0 atom stereocenters. The number of aliphatic hydroxyl groups excluding tert-OH is 1. The Morgan fingerprint density at radius 2 is 1.83 bits per heavy atom. The van der Waals surface area contributed by atoms with Gasteiger partial charge in [-0.25, -0.2) is 5.01 Å². The van der Waals surface area contributed by atoms with Gasteiger partial charge in [0.15, 0.2) is 0 Å². The minimum absolute atomic E-state index is 0.00552. The van der Waals surface area contributed by atoms with Gasteiger partial charge in [-0.05, 0) is 12.1 Å². The maximum atomic E-state index is 10.8. The summed E-state index contributed by atoms with van der Waals surface area (Å²) in [6.45, 7) is 0. The maximum Gasteiger partial charge on any atom is 0.269 e. The van der Waals surface area contributed by atoms with Crippen LogP contribution in [0.15, 0.2) is 60.1 Å². The van der Waals surface area contributed by atoms with Gasteiger partial charge >= 0.3 is 0 Å². The Morgan fingerprint density at radius 1 is 1.12 bits per heavy atom. The van der Waals surface area contributed by atoms with Crippen LogP contribution in [0.1, 0.15) is 0 Å². The second kappa shape index (κ2) is 5.02. The number of benzene rings is 2. The van der Waals surface area contributed by atoms with E-state index in [1.165, 1.54) is 17.1 Å². The molecule has 2 aliphatic heterocycles. The van der Waals surface area contributed by atoms with Crippen molar-refractivity contribution < 1.29 is 10.0 Å². The van der Waals surface area contributed by atoms with Gasteiger partial charge in [-0.2, -0.15) is 0 Å². The lowest BCUT2D eigenvalue weighted by Crippen LogP contribution is -2.40. The Labute approximate surface area is 137 Å². The van der Waals surface area contributed by atoms with Crippen LogP contribution in [0.5, 0.6) is 0 Å². The molecule has 2 aromatic rings. The Morgan fingerprint density at radius 3 is 2.54 bits per heavy atom. The Balaban J connectivity index is 1.83. The highest BCUT2D eigenvalue weighted by molar-refractivity contribution is 5.75. The van der Waals surface area contributed by atoms with E-state index < -0.39 is 4.92 Å². The van der Waals surface area contributed by atoms with Crippen molar-refractivity contribution in [3.05, 3.63) is 80.7 Å². The van der Waals surface area contributed by atoms with Crippen molar-refractivity contribution in [1.82, 2.24) is 10.3 Å². The normalized spacial score (nSPS) is 15.6. The van der Waals surface area contributed by atoms with Crippen LogP contribution in [-0.4, -0.2) is 22.0 Å². The van der Waals surface area contributed by atoms with Crippen molar-refractivity contribution in [2.24, 2.45) is 0 Å². The van der Waals surface area contributed by atoms with E-state index >= 15 is 0 Å². The molecular weight excluding hydrogens is 308 g/mol. The summed E-state index contributed by atoms with van der Waals surface area (Å²) >= 11 is 0. The second-order valence-corrected chi connectivity index (χ2v) is 5.60. The van der Waals surface area contributed by atoms with E-state index in [0.29, 0.717) is 11.4 Å². The number of non-ortho nitro benzene ring substituents is 1. The molecule has 0 saturated heterocycles. The molecule has 2 aromatic carbocycles. The topological polar surface area (TPSA) is 81.9 Å². The highest BCUT2D eigenvalue weighted by Gasteiger charge is 2.32. The SMILES string of the molecule is CN1C=c2ccccc2=C2NN(c3ccc([N+](=O)[O-])cc3)C(O)=C21. The van der Waals surface area contributed by atoms with Crippen LogP contribution in [0.25, 0.3) is 11.9 Å².